The summed E-state index contributed by atoms with van der Waals surface area (Å²) < 4.78 is 0. The van der Waals surface area contributed by atoms with Gasteiger partial charge in [0.15, 0.2) is 0 Å². The Hall–Kier alpha value is -0.720. The van der Waals surface area contributed by atoms with E-state index in [0.717, 1.165) is 29.8 Å². The first-order valence-electron chi connectivity index (χ1n) is 6.04. The van der Waals surface area contributed by atoms with Crippen molar-refractivity contribution < 1.29 is 0 Å². The standard InChI is InChI=1S/C11H21N5S/c1-8-5-16(6-9(2)15(8)4)7-10-13-14-11(12-3)17-10/h8-9H,5-7H2,1-4H3,(H,12,14). The highest BCUT2D eigenvalue weighted by Gasteiger charge is 2.26. The Labute approximate surface area is 107 Å². The average molecular weight is 255 g/mol. The molecule has 1 N–H and O–H groups in total. The van der Waals surface area contributed by atoms with E-state index < -0.39 is 0 Å². The normalized spacial score (nSPS) is 27.3. The maximum Gasteiger partial charge on any atom is 0.205 e. The van der Waals surface area contributed by atoms with Crippen molar-refractivity contribution in [2.75, 3.05) is 32.5 Å². The van der Waals surface area contributed by atoms with E-state index in [-0.39, 0.29) is 0 Å². The number of hydrogen-bond acceptors (Lipinski definition) is 6. The zero-order valence-corrected chi connectivity index (χ0v) is 11.8. The van der Waals surface area contributed by atoms with Gasteiger partial charge in [-0.05, 0) is 20.9 Å². The Balaban J connectivity index is 1.95. The molecule has 1 aliphatic heterocycles. The fraction of sp³-hybridized carbons (Fsp3) is 0.818. The Bertz CT molecular complexity index is 354. The third-order valence-electron chi connectivity index (χ3n) is 3.47. The van der Waals surface area contributed by atoms with Crippen LogP contribution in [-0.2, 0) is 6.54 Å². The molecule has 1 aromatic heterocycles. The maximum atomic E-state index is 4.20. The highest BCUT2D eigenvalue weighted by atomic mass is 32.1. The molecule has 0 saturated carbocycles. The van der Waals surface area contributed by atoms with E-state index in [1.165, 1.54) is 0 Å². The van der Waals surface area contributed by atoms with Crippen molar-refractivity contribution in [2.45, 2.75) is 32.5 Å². The number of piperazine rings is 1. The summed E-state index contributed by atoms with van der Waals surface area (Å²) in [6.07, 6.45) is 0. The quantitative estimate of drug-likeness (QED) is 0.876. The summed E-state index contributed by atoms with van der Waals surface area (Å²) in [5.41, 5.74) is 0. The molecule has 0 aliphatic carbocycles. The lowest BCUT2D eigenvalue weighted by molar-refractivity contribution is 0.0555. The predicted octanol–water partition coefficient (Wildman–Crippen LogP) is 1.10. The fourth-order valence-electron chi connectivity index (χ4n) is 2.25. The van der Waals surface area contributed by atoms with Crippen LogP contribution in [-0.4, -0.2) is 59.3 Å². The smallest absolute Gasteiger partial charge is 0.205 e. The van der Waals surface area contributed by atoms with Crippen LogP contribution in [0, 0.1) is 0 Å². The number of rotatable bonds is 3. The molecule has 96 valence electrons. The van der Waals surface area contributed by atoms with Crippen LogP contribution in [0.25, 0.3) is 0 Å². The lowest BCUT2D eigenvalue weighted by atomic mass is 10.1. The first-order valence-corrected chi connectivity index (χ1v) is 6.86. The summed E-state index contributed by atoms with van der Waals surface area (Å²) in [6.45, 7) is 7.69. The Morgan fingerprint density at radius 3 is 2.47 bits per heavy atom. The second kappa shape index (κ2) is 5.29. The van der Waals surface area contributed by atoms with E-state index in [2.05, 4.69) is 46.2 Å². The number of nitrogens with one attached hydrogen (secondary N) is 1. The molecule has 6 heteroatoms. The summed E-state index contributed by atoms with van der Waals surface area (Å²) in [5, 5.41) is 13.3. The SMILES string of the molecule is CNc1nnc(CN2CC(C)N(C)C(C)C2)s1. The molecule has 5 nitrogen and oxygen atoms in total. The van der Waals surface area contributed by atoms with Gasteiger partial charge in [0.25, 0.3) is 0 Å². The van der Waals surface area contributed by atoms with Crippen molar-refractivity contribution >= 4 is 16.5 Å². The molecule has 0 bridgehead atoms. The maximum absolute atomic E-state index is 4.20. The molecule has 1 aromatic rings. The molecular weight excluding hydrogens is 234 g/mol. The Morgan fingerprint density at radius 2 is 1.94 bits per heavy atom. The van der Waals surface area contributed by atoms with E-state index in [1.807, 2.05) is 7.05 Å². The number of likely N-dealkylation sites (N-methyl/N-ethyl adjacent to an activating group) is 1. The van der Waals surface area contributed by atoms with Crippen molar-refractivity contribution in [1.29, 1.82) is 0 Å². The monoisotopic (exact) mass is 255 g/mol. The predicted molar refractivity (Wildman–Crippen MR) is 71.4 cm³/mol. The molecule has 2 rings (SSSR count). The van der Waals surface area contributed by atoms with Gasteiger partial charge in [-0.3, -0.25) is 9.80 Å². The summed E-state index contributed by atoms with van der Waals surface area (Å²) >= 11 is 1.64. The summed E-state index contributed by atoms with van der Waals surface area (Å²) in [5.74, 6) is 0. The topological polar surface area (TPSA) is 44.3 Å². The van der Waals surface area contributed by atoms with Crippen molar-refractivity contribution in [3.05, 3.63) is 5.01 Å². The van der Waals surface area contributed by atoms with Gasteiger partial charge >= 0.3 is 0 Å². The third kappa shape index (κ3) is 2.94. The second-order valence-electron chi connectivity index (χ2n) is 4.81. The van der Waals surface area contributed by atoms with Gasteiger partial charge in [0.2, 0.25) is 5.13 Å². The highest BCUT2D eigenvalue weighted by Crippen LogP contribution is 2.19. The summed E-state index contributed by atoms with van der Waals surface area (Å²) in [4.78, 5) is 4.91. The van der Waals surface area contributed by atoms with Crippen molar-refractivity contribution in [3.63, 3.8) is 0 Å². The highest BCUT2D eigenvalue weighted by molar-refractivity contribution is 7.15. The van der Waals surface area contributed by atoms with Crippen molar-refractivity contribution in [2.24, 2.45) is 0 Å². The molecule has 2 atom stereocenters. The molecule has 0 amide bonds. The molecule has 1 aliphatic rings. The van der Waals surface area contributed by atoms with Gasteiger partial charge in [-0.2, -0.15) is 0 Å². The zero-order valence-electron chi connectivity index (χ0n) is 11.0. The third-order valence-corrected chi connectivity index (χ3v) is 4.40. The minimum atomic E-state index is 0.607. The number of anilines is 1. The van der Waals surface area contributed by atoms with Gasteiger partial charge in [0.1, 0.15) is 5.01 Å². The molecule has 0 aromatic carbocycles. The van der Waals surface area contributed by atoms with Crippen LogP contribution < -0.4 is 5.32 Å². The van der Waals surface area contributed by atoms with Gasteiger partial charge in [-0.25, -0.2) is 0 Å². The molecule has 17 heavy (non-hydrogen) atoms. The molecule has 2 heterocycles. The van der Waals surface area contributed by atoms with Crippen LogP contribution in [0.3, 0.4) is 0 Å². The molecule has 0 radical (unpaired) electrons. The minimum Gasteiger partial charge on any atom is -0.363 e. The lowest BCUT2D eigenvalue weighted by Gasteiger charge is -2.42. The Morgan fingerprint density at radius 1 is 1.29 bits per heavy atom. The van der Waals surface area contributed by atoms with Crippen LogP contribution in [0.4, 0.5) is 5.13 Å². The van der Waals surface area contributed by atoms with Crippen LogP contribution in [0.5, 0.6) is 0 Å². The van der Waals surface area contributed by atoms with E-state index in [0.29, 0.717) is 12.1 Å². The minimum absolute atomic E-state index is 0.607. The fourth-order valence-corrected chi connectivity index (χ4v) is 2.99. The number of nitrogens with zero attached hydrogens (tertiary/aromatic N) is 4. The van der Waals surface area contributed by atoms with E-state index in [9.17, 15) is 0 Å². The van der Waals surface area contributed by atoms with E-state index in [4.69, 9.17) is 0 Å². The van der Waals surface area contributed by atoms with E-state index in [1.54, 1.807) is 11.3 Å². The first kappa shape index (κ1) is 12.7. The number of hydrogen-bond donors (Lipinski definition) is 1. The first-order chi connectivity index (χ1) is 8.10. The van der Waals surface area contributed by atoms with Crippen LogP contribution in [0.1, 0.15) is 18.9 Å². The van der Waals surface area contributed by atoms with Gasteiger partial charge in [-0.1, -0.05) is 11.3 Å². The Kier molecular flexibility index (Phi) is 3.96. The molecule has 2 unspecified atom stereocenters. The number of aromatic nitrogens is 2. The van der Waals surface area contributed by atoms with Crippen molar-refractivity contribution in [1.82, 2.24) is 20.0 Å². The van der Waals surface area contributed by atoms with Crippen LogP contribution in [0.2, 0.25) is 0 Å². The summed E-state index contributed by atoms with van der Waals surface area (Å²) in [7, 11) is 4.08. The molecule has 0 spiro atoms. The van der Waals surface area contributed by atoms with Crippen LogP contribution in [0.15, 0.2) is 0 Å². The van der Waals surface area contributed by atoms with E-state index >= 15 is 0 Å². The van der Waals surface area contributed by atoms with Gasteiger partial charge in [-0.15, -0.1) is 10.2 Å². The average Bonchev–Trinajstić information content (AvgIpc) is 2.73. The lowest BCUT2D eigenvalue weighted by Crippen LogP contribution is -2.54. The van der Waals surface area contributed by atoms with Gasteiger partial charge in [0.05, 0.1) is 6.54 Å². The summed E-state index contributed by atoms with van der Waals surface area (Å²) in [6, 6.07) is 1.21. The molecular formula is C11H21N5S. The van der Waals surface area contributed by atoms with Crippen LogP contribution >= 0.6 is 11.3 Å². The molecule has 1 fully saturated rings. The zero-order chi connectivity index (χ0) is 12.4. The second-order valence-corrected chi connectivity index (χ2v) is 5.87. The van der Waals surface area contributed by atoms with Gasteiger partial charge in [0, 0.05) is 32.2 Å². The molecule has 1 saturated heterocycles. The van der Waals surface area contributed by atoms with Crippen molar-refractivity contribution in [3.8, 4) is 0 Å². The largest absolute Gasteiger partial charge is 0.363 e. The van der Waals surface area contributed by atoms with Gasteiger partial charge < -0.3 is 5.32 Å².